The molecule has 2 fully saturated rings. The summed E-state index contributed by atoms with van der Waals surface area (Å²) in [5.74, 6) is 1.17. The number of fused-ring (bicyclic) bond motifs is 1. The van der Waals surface area contributed by atoms with Crippen molar-refractivity contribution in [1.29, 1.82) is 0 Å². The third-order valence-electron chi connectivity index (χ3n) is 5.91. The number of para-hydroxylation sites is 1. The Kier molecular flexibility index (Phi) is 4.76. The molecule has 0 bridgehead atoms. The highest BCUT2D eigenvalue weighted by Crippen LogP contribution is 2.36. The van der Waals surface area contributed by atoms with E-state index in [9.17, 15) is 9.59 Å². The number of nitrogens with one attached hydrogen (secondary N) is 2. The van der Waals surface area contributed by atoms with Crippen molar-refractivity contribution in [2.45, 2.75) is 25.7 Å². The fraction of sp³-hybridized carbons (Fsp3) is 0.550. The van der Waals surface area contributed by atoms with Crippen LogP contribution in [0.2, 0.25) is 0 Å². The van der Waals surface area contributed by atoms with Gasteiger partial charge in [0.15, 0.2) is 5.96 Å². The van der Waals surface area contributed by atoms with Gasteiger partial charge in [-0.25, -0.2) is 0 Å². The SMILES string of the molecule is CN=C(NCCN1C(=O)Cc2ccccc21)N1CCCC2(CNC(=O)C2)C1. The molecule has 1 atom stereocenters. The van der Waals surface area contributed by atoms with Crippen molar-refractivity contribution in [3.8, 4) is 0 Å². The number of aliphatic imine (C=N–C) groups is 1. The largest absolute Gasteiger partial charge is 0.355 e. The molecule has 1 spiro atoms. The van der Waals surface area contributed by atoms with E-state index >= 15 is 0 Å². The predicted octanol–water partition coefficient (Wildman–Crippen LogP) is 0.753. The molecule has 1 aromatic carbocycles. The summed E-state index contributed by atoms with van der Waals surface area (Å²) in [6.07, 6.45) is 3.24. The highest BCUT2D eigenvalue weighted by Gasteiger charge is 2.42. The number of nitrogens with zero attached hydrogens (tertiary/aromatic N) is 3. The number of hydrogen-bond acceptors (Lipinski definition) is 3. The average Bonchev–Trinajstić information content (AvgIpc) is 3.18. The molecule has 3 aliphatic heterocycles. The van der Waals surface area contributed by atoms with Crippen LogP contribution in [-0.4, -0.2) is 62.4 Å². The lowest BCUT2D eigenvalue weighted by molar-refractivity contribution is -0.120. The standard InChI is InChI=1S/C20H27N5O2/c1-21-19(24-9-4-7-20(14-24)12-17(26)23-13-20)22-8-10-25-16-6-3-2-5-15(16)11-18(25)27/h2-3,5-6H,4,7-14H2,1H3,(H,21,22)(H,23,26). The van der Waals surface area contributed by atoms with Gasteiger partial charge in [0.25, 0.3) is 0 Å². The summed E-state index contributed by atoms with van der Waals surface area (Å²) in [6.45, 7) is 3.82. The molecular formula is C20H27N5O2. The zero-order valence-electron chi connectivity index (χ0n) is 15.8. The van der Waals surface area contributed by atoms with Crippen molar-refractivity contribution in [1.82, 2.24) is 15.5 Å². The van der Waals surface area contributed by atoms with E-state index in [0.717, 1.165) is 49.7 Å². The van der Waals surface area contributed by atoms with Crippen molar-refractivity contribution >= 4 is 23.5 Å². The zero-order chi connectivity index (χ0) is 18.9. The Morgan fingerprint density at radius 3 is 2.96 bits per heavy atom. The second-order valence-electron chi connectivity index (χ2n) is 7.80. The fourth-order valence-electron chi connectivity index (χ4n) is 4.60. The van der Waals surface area contributed by atoms with E-state index in [2.05, 4.69) is 20.5 Å². The van der Waals surface area contributed by atoms with Crippen molar-refractivity contribution in [3.63, 3.8) is 0 Å². The molecule has 1 aromatic rings. The van der Waals surface area contributed by atoms with Crippen LogP contribution in [0.25, 0.3) is 0 Å². The second kappa shape index (κ2) is 7.21. The Labute approximate surface area is 159 Å². The monoisotopic (exact) mass is 369 g/mol. The van der Waals surface area contributed by atoms with Gasteiger partial charge in [-0.2, -0.15) is 0 Å². The normalized spacial score (nSPS) is 25.1. The minimum Gasteiger partial charge on any atom is -0.355 e. The smallest absolute Gasteiger partial charge is 0.231 e. The molecule has 2 amide bonds. The Morgan fingerprint density at radius 2 is 2.19 bits per heavy atom. The van der Waals surface area contributed by atoms with Gasteiger partial charge in [-0.3, -0.25) is 14.6 Å². The van der Waals surface area contributed by atoms with Crippen molar-refractivity contribution in [2.75, 3.05) is 44.7 Å². The first kappa shape index (κ1) is 17.8. The van der Waals surface area contributed by atoms with Gasteiger partial charge in [-0.05, 0) is 24.5 Å². The van der Waals surface area contributed by atoms with Gasteiger partial charge >= 0.3 is 0 Å². The molecule has 3 heterocycles. The number of piperidine rings is 1. The molecule has 7 heteroatoms. The molecule has 0 aliphatic carbocycles. The van der Waals surface area contributed by atoms with Crippen LogP contribution in [0.5, 0.6) is 0 Å². The molecule has 0 aromatic heterocycles. The highest BCUT2D eigenvalue weighted by atomic mass is 16.2. The summed E-state index contributed by atoms with van der Waals surface area (Å²) in [4.78, 5) is 32.5. The Balaban J connectivity index is 1.35. The van der Waals surface area contributed by atoms with Crippen LogP contribution in [0.15, 0.2) is 29.3 Å². The maximum Gasteiger partial charge on any atom is 0.231 e. The maximum absolute atomic E-state index is 12.3. The molecule has 1 unspecified atom stereocenters. The molecule has 144 valence electrons. The van der Waals surface area contributed by atoms with Crippen LogP contribution >= 0.6 is 0 Å². The molecule has 2 N–H and O–H groups in total. The maximum atomic E-state index is 12.3. The second-order valence-corrected chi connectivity index (χ2v) is 7.80. The number of guanidine groups is 1. The van der Waals surface area contributed by atoms with Crippen molar-refractivity contribution in [3.05, 3.63) is 29.8 Å². The van der Waals surface area contributed by atoms with Crippen LogP contribution in [0, 0.1) is 5.41 Å². The van der Waals surface area contributed by atoms with E-state index in [0.29, 0.717) is 25.9 Å². The number of rotatable bonds is 3. The lowest BCUT2D eigenvalue weighted by Gasteiger charge is -2.40. The van der Waals surface area contributed by atoms with E-state index in [1.54, 1.807) is 7.05 Å². The first-order chi connectivity index (χ1) is 13.1. The van der Waals surface area contributed by atoms with Gasteiger partial charge in [0.05, 0.1) is 6.42 Å². The summed E-state index contributed by atoms with van der Waals surface area (Å²) >= 11 is 0. The van der Waals surface area contributed by atoms with Gasteiger partial charge < -0.3 is 20.4 Å². The number of hydrogen-bond donors (Lipinski definition) is 2. The van der Waals surface area contributed by atoms with Crippen LogP contribution < -0.4 is 15.5 Å². The van der Waals surface area contributed by atoms with E-state index in [4.69, 9.17) is 0 Å². The Hall–Kier alpha value is -2.57. The average molecular weight is 369 g/mol. The van der Waals surface area contributed by atoms with Crippen LogP contribution in [0.1, 0.15) is 24.8 Å². The number of benzene rings is 1. The minimum atomic E-state index is 0.0385. The number of likely N-dealkylation sites (tertiary alicyclic amines) is 1. The third kappa shape index (κ3) is 3.50. The summed E-state index contributed by atoms with van der Waals surface area (Å²) in [5, 5.41) is 6.39. The quantitative estimate of drug-likeness (QED) is 0.609. The highest BCUT2D eigenvalue weighted by molar-refractivity contribution is 6.01. The summed E-state index contributed by atoms with van der Waals surface area (Å²) in [5.41, 5.74) is 2.16. The van der Waals surface area contributed by atoms with Gasteiger partial charge in [0.2, 0.25) is 11.8 Å². The summed E-state index contributed by atoms with van der Waals surface area (Å²) in [6, 6.07) is 7.97. The predicted molar refractivity (Wildman–Crippen MR) is 105 cm³/mol. The third-order valence-corrected chi connectivity index (χ3v) is 5.91. The van der Waals surface area contributed by atoms with Gasteiger partial charge in [-0.15, -0.1) is 0 Å². The number of carbonyl (C=O) groups is 2. The molecule has 4 rings (SSSR count). The van der Waals surface area contributed by atoms with E-state index in [1.807, 2.05) is 29.2 Å². The van der Waals surface area contributed by atoms with E-state index in [-0.39, 0.29) is 17.2 Å². The lowest BCUT2D eigenvalue weighted by Crippen LogP contribution is -2.52. The first-order valence-corrected chi connectivity index (χ1v) is 9.71. The first-order valence-electron chi connectivity index (χ1n) is 9.71. The van der Waals surface area contributed by atoms with E-state index in [1.165, 1.54) is 0 Å². The van der Waals surface area contributed by atoms with Gasteiger partial charge in [0, 0.05) is 57.3 Å². The van der Waals surface area contributed by atoms with E-state index < -0.39 is 0 Å². The molecule has 27 heavy (non-hydrogen) atoms. The zero-order valence-corrected chi connectivity index (χ0v) is 15.8. The Morgan fingerprint density at radius 1 is 1.33 bits per heavy atom. The molecule has 3 aliphatic rings. The Bertz CT molecular complexity index is 777. The topological polar surface area (TPSA) is 77.0 Å². The lowest BCUT2D eigenvalue weighted by atomic mass is 9.79. The number of amides is 2. The molecule has 0 radical (unpaired) electrons. The number of anilines is 1. The summed E-state index contributed by atoms with van der Waals surface area (Å²) in [7, 11) is 1.79. The fourth-order valence-corrected chi connectivity index (χ4v) is 4.60. The van der Waals surface area contributed by atoms with Gasteiger partial charge in [-0.1, -0.05) is 18.2 Å². The van der Waals surface area contributed by atoms with Crippen LogP contribution in [-0.2, 0) is 16.0 Å². The molecule has 7 nitrogen and oxygen atoms in total. The van der Waals surface area contributed by atoms with Crippen molar-refractivity contribution in [2.24, 2.45) is 10.4 Å². The summed E-state index contributed by atoms with van der Waals surface area (Å²) < 4.78 is 0. The van der Waals surface area contributed by atoms with Crippen molar-refractivity contribution < 1.29 is 9.59 Å². The number of carbonyl (C=O) groups excluding carboxylic acids is 2. The van der Waals surface area contributed by atoms with Crippen LogP contribution in [0.4, 0.5) is 5.69 Å². The van der Waals surface area contributed by atoms with Gasteiger partial charge in [0.1, 0.15) is 0 Å². The minimum absolute atomic E-state index is 0.0385. The van der Waals surface area contributed by atoms with Crippen LogP contribution in [0.3, 0.4) is 0 Å². The molecular weight excluding hydrogens is 342 g/mol. The molecule has 2 saturated heterocycles. The molecule has 0 saturated carbocycles.